The van der Waals surface area contributed by atoms with Gasteiger partial charge in [0.25, 0.3) is 0 Å². The summed E-state index contributed by atoms with van der Waals surface area (Å²) in [4.78, 5) is 8.03. The number of ether oxygens (including phenoxy) is 1. The summed E-state index contributed by atoms with van der Waals surface area (Å²) in [6.45, 7) is 3.69. The minimum atomic E-state index is -0.0255. The minimum Gasteiger partial charge on any atom is -0.504 e. The average Bonchev–Trinajstić information content (AvgIpc) is 2.49. The number of benzene rings is 1. The number of pyridine rings is 1. The summed E-state index contributed by atoms with van der Waals surface area (Å²) in [5.41, 5.74) is 1.42. The van der Waals surface area contributed by atoms with E-state index in [0.717, 1.165) is 5.56 Å². The first-order chi connectivity index (χ1) is 10.2. The molecule has 1 aromatic carbocycles. The number of hydrogen-bond acceptors (Lipinski definition) is 5. The van der Waals surface area contributed by atoms with E-state index in [9.17, 15) is 10.2 Å². The number of nitrogens with zero attached hydrogens (tertiary/aromatic N) is 2. The topological polar surface area (TPSA) is 74.9 Å². The van der Waals surface area contributed by atoms with E-state index in [1.807, 2.05) is 0 Å². The van der Waals surface area contributed by atoms with E-state index in [2.05, 4.69) is 16.6 Å². The highest BCUT2D eigenvalue weighted by atomic mass is 16.5. The molecule has 1 heterocycles. The molecular weight excluding hydrogens is 268 g/mol. The molecule has 1 aromatic heterocycles. The van der Waals surface area contributed by atoms with E-state index in [1.165, 1.54) is 25.6 Å². The van der Waals surface area contributed by atoms with E-state index in [-0.39, 0.29) is 17.3 Å². The maximum atomic E-state index is 10.1. The fourth-order valence-electron chi connectivity index (χ4n) is 1.85. The Labute approximate surface area is 122 Å². The van der Waals surface area contributed by atoms with Gasteiger partial charge >= 0.3 is 0 Å². The van der Waals surface area contributed by atoms with Crippen molar-refractivity contribution in [1.29, 1.82) is 0 Å². The van der Waals surface area contributed by atoms with Crippen LogP contribution in [-0.2, 0) is 6.42 Å². The van der Waals surface area contributed by atoms with Crippen LogP contribution >= 0.6 is 0 Å². The summed E-state index contributed by atoms with van der Waals surface area (Å²) in [6, 6.07) is 6.63. The van der Waals surface area contributed by atoms with Crippen LogP contribution < -0.4 is 4.74 Å². The van der Waals surface area contributed by atoms with Crippen molar-refractivity contribution in [2.75, 3.05) is 7.11 Å². The second-order valence-electron chi connectivity index (χ2n) is 4.33. The number of aliphatic imine (C=N–C) groups is 1. The maximum absolute atomic E-state index is 10.1. The summed E-state index contributed by atoms with van der Waals surface area (Å²) >= 11 is 0. The third kappa shape index (κ3) is 3.39. The molecule has 2 rings (SSSR count). The highest BCUT2D eigenvalue weighted by Gasteiger charge is 2.09. The minimum absolute atomic E-state index is 0.00974. The van der Waals surface area contributed by atoms with Crippen molar-refractivity contribution in [1.82, 2.24) is 4.98 Å². The van der Waals surface area contributed by atoms with Gasteiger partial charge in [-0.3, -0.25) is 0 Å². The number of aromatic hydroxyl groups is 2. The summed E-state index contributed by atoms with van der Waals surface area (Å²) in [6.07, 6.45) is 5.37. The summed E-state index contributed by atoms with van der Waals surface area (Å²) in [7, 11) is 1.48. The van der Waals surface area contributed by atoms with Gasteiger partial charge < -0.3 is 14.9 Å². The largest absolute Gasteiger partial charge is 0.504 e. The molecule has 5 nitrogen and oxygen atoms in total. The number of hydrogen-bond donors (Lipinski definition) is 2. The van der Waals surface area contributed by atoms with Gasteiger partial charge in [0.1, 0.15) is 0 Å². The van der Waals surface area contributed by atoms with Gasteiger partial charge in [-0.1, -0.05) is 6.08 Å². The van der Waals surface area contributed by atoms with Crippen LogP contribution in [0.5, 0.6) is 17.2 Å². The summed E-state index contributed by atoms with van der Waals surface area (Å²) in [5, 5.41) is 19.7. The molecule has 0 saturated carbocycles. The van der Waals surface area contributed by atoms with Crippen LogP contribution in [0.1, 0.15) is 11.1 Å². The zero-order chi connectivity index (χ0) is 15.2. The van der Waals surface area contributed by atoms with E-state index < -0.39 is 0 Å². The van der Waals surface area contributed by atoms with Crippen LogP contribution in [0.15, 0.2) is 48.1 Å². The van der Waals surface area contributed by atoms with Gasteiger partial charge in [-0.15, -0.1) is 6.58 Å². The Morgan fingerprint density at radius 1 is 1.38 bits per heavy atom. The van der Waals surface area contributed by atoms with Crippen molar-refractivity contribution < 1.29 is 14.9 Å². The molecule has 0 saturated heterocycles. The van der Waals surface area contributed by atoms with Gasteiger partial charge in [0.15, 0.2) is 23.1 Å². The van der Waals surface area contributed by atoms with Gasteiger partial charge in [0, 0.05) is 18.0 Å². The van der Waals surface area contributed by atoms with Crippen molar-refractivity contribution in [3.63, 3.8) is 0 Å². The smallest absolute Gasteiger partial charge is 0.194 e. The lowest BCUT2D eigenvalue weighted by atomic mass is 10.1. The second-order valence-corrected chi connectivity index (χ2v) is 4.33. The predicted molar refractivity (Wildman–Crippen MR) is 81.7 cm³/mol. The first kappa shape index (κ1) is 14.6. The highest BCUT2D eigenvalue weighted by molar-refractivity contribution is 5.87. The molecule has 0 atom stereocenters. The van der Waals surface area contributed by atoms with Gasteiger partial charge in [-0.05, 0) is 36.2 Å². The van der Waals surface area contributed by atoms with Gasteiger partial charge in [-0.25, -0.2) is 9.98 Å². The van der Waals surface area contributed by atoms with Crippen LogP contribution in [-0.4, -0.2) is 28.5 Å². The fourth-order valence-corrected chi connectivity index (χ4v) is 1.85. The van der Waals surface area contributed by atoms with Crippen LogP contribution in [0.3, 0.4) is 0 Å². The number of allylic oxidation sites excluding steroid dienone is 1. The molecule has 0 amide bonds. The molecule has 0 aliphatic heterocycles. The zero-order valence-corrected chi connectivity index (χ0v) is 11.7. The summed E-state index contributed by atoms with van der Waals surface area (Å²) in [5.74, 6) is 0.512. The Balaban J connectivity index is 2.41. The van der Waals surface area contributed by atoms with Crippen molar-refractivity contribution in [3.8, 4) is 17.2 Å². The predicted octanol–water partition coefficient (Wildman–Crippen LogP) is 2.98. The molecule has 2 aromatic rings. The lowest BCUT2D eigenvalue weighted by Gasteiger charge is -2.08. The first-order valence-corrected chi connectivity index (χ1v) is 6.34. The number of aromatic nitrogens is 1. The number of rotatable bonds is 5. The highest BCUT2D eigenvalue weighted by Crippen LogP contribution is 2.31. The molecule has 108 valence electrons. The molecule has 2 N–H and O–H groups in total. The quantitative estimate of drug-likeness (QED) is 0.654. The SMILES string of the molecule is C=CCc1cc(/C=N/c2ncccc2O)c(O)c(OC)c1. The van der Waals surface area contributed by atoms with Gasteiger partial charge in [0.2, 0.25) is 0 Å². The molecule has 0 radical (unpaired) electrons. The zero-order valence-electron chi connectivity index (χ0n) is 11.7. The van der Waals surface area contributed by atoms with Crippen molar-refractivity contribution in [2.45, 2.75) is 6.42 Å². The van der Waals surface area contributed by atoms with E-state index in [1.54, 1.807) is 24.3 Å². The molecule has 0 aliphatic rings. The molecule has 0 fully saturated rings. The Bertz CT molecular complexity index is 681. The molecular formula is C16H16N2O3. The molecule has 5 heteroatoms. The summed E-state index contributed by atoms with van der Waals surface area (Å²) < 4.78 is 5.14. The number of phenols is 1. The Morgan fingerprint density at radius 3 is 2.86 bits per heavy atom. The van der Waals surface area contributed by atoms with Crippen LogP contribution in [0, 0.1) is 0 Å². The third-order valence-electron chi connectivity index (χ3n) is 2.86. The molecule has 0 unspecified atom stereocenters. The first-order valence-electron chi connectivity index (χ1n) is 6.34. The van der Waals surface area contributed by atoms with E-state index in [4.69, 9.17) is 4.74 Å². The van der Waals surface area contributed by atoms with E-state index in [0.29, 0.717) is 17.7 Å². The van der Waals surface area contributed by atoms with Crippen molar-refractivity contribution >= 4 is 12.0 Å². The standard InChI is InChI=1S/C16H16N2O3/c1-3-5-11-8-12(15(20)14(9-11)21-2)10-18-16-13(19)6-4-7-17-16/h3-4,6-10,19-20H,1,5H2,2H3/b18-10+. The maximum Gasteiger partial charge on any atom is 0.194 e. The van der Waals surface area contributed by atoms with Crippen molar-refractivity contribution in [2.24, 2.45) is 4.99 Å². The lowest BCUT2D eigenvalue weighted by Crippen LogP contribution is -1.93. The van der Waals surface area contributed by atoms with Crippen LogP contribution in [0.2, 0.25) is 0 Å². The third-order valence-corrected chi connectivity index (χ3v) is 2.86. The molecule has 0 aliphatic carbocycles. The fraction of sp³-hybridized carbons (Fsp3) is 0.125. The Kier molecular flexibility index (Phi) is 4.56. The number of methoxy groups -OCH3 is 1. The molecule has 0 bridgehead atoms. The van der Waals surface area contributed by atoms with Gasteiger partial charge in [-0.2, -0.15) is 0 Å². The number of phenolic OH excluding ortho intramolecular Hbond substituents is 1. The average molecular weight is 284 g/mol. The second kappa shape index (κ2) is 6.56. The van der Waals surface area contributed by atoms with Crippen molar-refractivity contribution in [3.05, 3.63) is 54.2 Å². The van der Waals surface area contributed by atoms with Crippen LogP contribution in [0.4, 0.5) is 5.82 Å². The van der Waals surface area contributed by atoms with Gasteiger partial charge in [0.05, 0.1) is 7.11 Å². The van der Waals surface area contributed by atoms with Crippen LogP contribution in [0.25, 0.3) is 0 Å². The lowest BCUT2D eigenvalue weighted by molar-refractivity contribution is 0.372. The Morgan fingerprint density at radius 2 is 2.19 bits per heavy atom. The Hall–Kier alpha value is -2.82. The molecule has 0 spiro atoms. The monoisotopic (exact) mass is 284 g/mol. The van der Waals surface area contributed by atoms with E-state index >= 15 is 0 Å². The normalized spacial score (nSPS) is 10.7. The molecule has 21 heavy (non-hydrogen) atoms.